The van der Waals surface area contributed by atoms with Crippen molar-refractivity contribution >= 4 is 34.5 Å². The van der Waals surface area contributed by atoms with Crippen molar-refractivity contribution in [1.29, 1.82) is 0 Å². The zero-order valence-corrected chi connectivity index (χ0v) is 15.7. The SMILES string of the molecule is CCCCn1nc(C)c(/C=N\NC(=O)c2n[nH]c(=O)c3ccccc23)c1Cl. The lowest BCUT2D eigenvalue weighted by Gasteiger charge is -2.03. The maximum absolute atomic E-state index is 12.4. The Kier molecular flexibility index (Phi) is 5.66. The zero-order chi connectivity index (χ0) is 19.4. The third-order valence-electron chi connectivity index (χ3n) is 4.10. The summed E-state index contributed by atoms with van der Waals surface area (Å²) in [6.45, 7) is 4.65. The van der Waals surface area contributed by atoms with Crippen LogP contribution >= 0.6 is 11.6 Å². The van der Waals surface area contributed by atoms with Gasteiger partial charge in [-0.1, -0.05) is 43.1 Å². The number of H-pyrrole nitrogens is 1. The van der Waals surface area contributed by atoms with Crippen LogP contribution in [0, 0.1) is 6.92 Å². The predicted octanol–water partition coefficient (Wildman–Crippen LogP) is 2.65. The number of aromatic amines is 1. The van der Waals surface area contributed by atoms with E-state index in [2.05, 4.69) is 32.7 Å². The highest BCUT2D eigenvalue weighted by molar-refractivity contribution is 6.32. The van der Waals surface area contributed by atoms with Crippen LogP contribution in [0.25, 0.3) is 10.8 Å². The van der Waals surface area contributed by atoms with Crippen molar-refractivity contribution in [1.82, 2.24) is 25.4 Å². The molecule has 0 aliphatic rings. The number of aryl methyl sites for hydroxylation is 2. The molecule has 27 heavy (non-hydrogen) atoms. The molecule has 0 spiro atoms. The van der Waals surface area contributed by atoms with Crippen LogP contribution in [0.3, 0.4) is 0 Å². The molecule has 2 aromatic heterocycles. The molecule has 140 valence electrons. The van der Waals surface area contributed by atoms with Gasteiger partial charge >= 0.3 is 0 Å². The van der Waals surface area contributed by atoms with Crippen LogP contribution < -0.4 is 11.0 Å². The molecule has 9 heteroatoms. The molecule has 3 aromatic rings. The van der Waals surface area contributed by atoms with E-state index in [1.807, 2.05) is 6.92 Å². The summed E-state index contributed by atoms with van der Waals surface area (Å²) in [5.74, 6) is -0.536. The number of unbranched alkanes of at least 4 members (excludes halogenated alkanes) is 1. The molecular formula is C18H19ClN6O2. The minimum absolute atomic E-state index is 0.0869. The summed E-state index contributed by atoms with van der Waals surface area (Å²) in [5.41, 5.74) is 3.52. The van der Waals surface area contributed by atoms with Gasteiger partial charge in [0.05, 0.1) is 22.9 Å². The Balaban J connectivity index is 1.80. The lowest BCUT2D eigenvalue weighted by Crippen LogP contribution is -2.22. The van der Waals surface area contributed by atoms with E-state index in [0.717, 1.165) is 25.1 Å². The van der Waals surface area contributed by atoms with Crippen LogP contribution in [0.5, 0.6) is 0 Å². The molecule has 0 atom stereocenters. The fourth-order valence-electron chi connectivity index (χ4n) is 2.67. The first-order valence-corrected chi connectivity index (χ1v) is 8.94. The van der Waals surface area contributed by atoms with Gasteiger partial charge < -0.3 is 0 Å². The molecule has 3 rings (SSSR count). The lowest BCUT2D eigenvalue weighted by atomic mass is 10.1. The first kappa shape index (κ1) is 18.8. The molecule has 0 saturated heterocycles. The number of aromatic nitrogens is 4. The van der Waals surface area contributed by atoms with Crippen molar-refractivity contribution in [2.24, 2.45) is 5.10 Å². The van der Waals surface area contributed by atoms with Crippen LogP contribution in [0.2, 0.25) is 5.15 Å². The summed E-state index contributed by atoms with van der Waals surface area (Å²) in [6.07, 6.45) is 3.47. The molecular weight excluding hydrogens is 368 g/mol. The molecule has 0 aliphatic heterocycles. The smallest absolute Gasteiger partial charge is 0.267 e. The van der Waals surface area contributed by atoms with E-state index in [4.69, 9.17) is 11.6 Å². The largest absolute Gasteiger partial charge is 0.292 e. The first-order valence-electron chi connectivity index (χ1n) is 8.56. The minimum Gasteiger partial charge on any atom is -0.267 e. The Morgan fingerprint density at radius 3 is 2.85 bits per heavy atom. The van der Waals surface area contributed by atoms with Gasteiger partial charge in [0.25, 0.3) is 11.5 Å². The van der Waals surface area contributed by atoms with Crippen molar-refractivity contribution < 1.29 is 4.79 Å². The fourth-order valence-corrected chi connectivity index (χ4v) is 2.97. The highest BCUT2D eigenvalue weighted by Gasteiger charge is 2.14. The van der Waals surface area contributed by atoms with Gasteiger partial charge in [-0.25, -0.2) is 10.5 Å². The van der Waals surface area contributed by atoms with Gasteiger partial charge in [-0.05, 0) is 19.4 Å². The van der Waals surface area contributed by atoms with E-state index in [1.54, 1.807) is 28.9 Å². The second-order valence-electron chi connectivity index (χ2n) is 6.01. The van der Waals surface area contributed by atoms with Crippen molar-refractivity contribution in [3.63, 3.8) is 0 Å². The average Bonchev–Trinajstić information content (AvgIpc) is 2.94. The molecule has 0 saturated carbocycles. The van der Waals surface area contributed by atoms with Crippen LogP contribution in [0.1, 0.15) is 41.5 Å². The molecule has 0 radical (unpaired) electrons. The number of carbonyl (C=O) groups is 1. The van der Waals surface area contributed by atoms with Crippen LogP contribution in [-0.2, 0) is 6.54 Å². The number of carbonyl (C=O) groups excluding carboxylic acids is 1. The summed E-state index contributed by atoms with van der Waals surface area (Å²) < 4.78 is 1.72. The Hall–Kier alpha value is -3.00. The third kappa shape index (κ3) is 3.90. The van der Waals surface area contributed by atoms with E-state index in [0.29, 0.717) is 21.5 Å². The highest BCUT2D eigenvalue weighted by atomic mass is 35.5. The number of fused-ring (bicyclic) bond motifs is 1. The molecule has 2 N–H and O–H groups in total. The maximum atomic E-state index is 12.4. The molecule has 2 heterocycles. The van der Waals surface area contributed by atoms with E-state index in [-0.39, 0.29) is 11.3 Å². The van der Waals surface area contributed by atoms with Gasteiger partial charge in [-0.3, -0.25) is 14.3 Å². The van der Waals surface area contributed by atoms with E-state index < -0.39 is 5.91 Å². The van der Waals surface area contributed by atoms with E-state index in [1.165, 1.54) is 6.21 Å². The van der Waals surface area contributed by atoms with Crippen LogP contribution in [-0.4, -0.2) is 32.1 Å². The van der Waals surface area contributed by atoms with E-state index >= 15 is 0 Å². The lowest BCUT2D eigenvalue weighted by molar-refractivity contribution is 0.0951. The topological polar surface area (TPSA) is 105 Å². The molecule has 0 aliphatic carbocycles. The van der Waals surface area contributed by atoms with Gasteiger partial charge in [0.2, 0.25) is 0 Å². The third-order valence-corrected chi connectivity index (χ3v) is 4.50. The molecule has 0 fully saturated rings. The first-order chi connectivity index (χ1) is 13.0. The summed E-state index contributed by atoms with van der Waals surface area (Å²) >= 11 is 6.34. The number of amides is 1. The van der Waals surface area contributed by atoms with Gasteiger partial charge in [0, 0.05) is 11.9 Å². The van der Waals surface area contributed by atoms with Gasteiger partial charge in [-0.2, -0.15) is 15.3 Å². The maximum Gasteiger partial charge on any atom is 0.292 e. The number of rotatable bonds is 6. The molecule has 1 aromatic carbocycles. The van der Waals surface area contributed by atoms with Crippen LogP contribution in [0.15, 0.2) is 34.2 Å². The predicted molar refractivity (Wildman–Crippen MR) is 104 cm³/mol. The standard InChI is InChI=1S/C18H19ClN6O2/c1-3-4-9-25-16(19)14(11(2)24-25)10-20-22-18(27)15-12-7-5-6-8-13(12)17(26)23-21-15/h5-8,10H,3-4,9H2,1-2H3,(H,22,27)(H,23,26)/b20-10-. The number of benzene rings is 1. The van der Waals surface area contributed by atoms with E-state index in [9.17, 15) is 9.59 Å². The normalized spacial score (nSPS) is 11.4. The number of halogens is 1. The molecule has 8 nitrogen and oxygen atoms in total. The Labute approximate surface area is 160 Å². The number of hydrogen-bond donors (Lipinski definition) is 2. The molecule has 1 amide bonds. The Bertz CT molecular complexity index is 1070. The zero-order valence-electron chi connectivity index (χ0n) is 15.0. The van der Waals surface area contributed by atoms with Crippen molar-refractivity contribution in [2.75, 3.05) is 0 Å². The molecule has 0 bridgehead atoms. The summed E-state index contributed by atoms with van der Waals surface area (Å²) in [7, 11) is 0. The number of nitrogens with zero attached hydrogens (tertiary/aromatic N) is 4. The van der Waals surface area contributed by atoms with Gasteiger partial charge in [0.1, 0.15) is 5.15 Å². The summed E-state index contributed by atoms with van der Waals surface area (Å²) in [6, 6.07) is 6.74. The molecule has 0 unspecified atom stereocenters. The van der Waals surface area contributed by atoms with Crippen molar-refractivity contribution in [2.45, 2.75) is 33.2 Å². The van der Waals surface area contributed by atoms with Gasteiger partial charge in [-0.15, -0.1) is 0 Å². The van der Waals surface area contributed by atoms with Crippen LogP contribution in [0.4, 0.5) is 0 Å². The number of hydrazone groups is 1. The average molecular weight is 387 g/mol. The van der Waals surface area contributed by atoms with Gasteiger partial charge in [0.15, 0.2) is 5.69 Å². The highest BCUT2D eigenvalue weighted by Crippen LogP contribution is 2.18. The Morgan fingerprint density at radius 2 is 2.11 bits per heavy atom. The number of nitrogens with one attached hydrogen (secondary N) is 2. The second kappa shape index (κ2) is 8.13. The van der Waals surface area contributed by atoms with Crippen molar-refractivity contribution in [3.8, 4) is 0 Å². The quantitative estimate of drug-likeness (QED) is 0.501. The summed E-state index contributed by atoms with van der Waals surface area (Å²) in [5, 5.41) is 15.8. The fraction of sp³-hybridized carbons (Fsp3) is 0.278. The summed E-state index contributed by atoms with van der Waals surface area (Å²) in [4.78, 5) is 24.2. The number of hydrogen-bond acceptors (Lipinski definition) is 5. The monoisotopic (exact) mass is 386 g/mol. The second-order valence-corrected chi connectivity index (χ2v) is 6.37. The Morgan fingerprint density at radius 1 is 1.37 bits per heavy atom. The van der Waals surface area contributed by atoms with Crippen molar-refractivity contribution in [3.05, 3.63) is 56.7 Å². The minimum atomic E-state index is -0.536.